The maximum absolute atomic E-state index is 13.1. The summed E-state index contributed by atoms with van der Waals surface area (Å²) in [4.78, 5) is 12.1. The second kappa shape index (κ2) is 5.98. The third-order valence-electron chi connectivity index (χ3n) is 3.92. The van der Waals surface area contributed by atoms with E-state index in [1.807, 2.05) is 6.07 Å². The molecule has 2 aromatic rings. The van der Waals surface area contributed by atoms with Crippen molar-refractivity contribution < 1.29 is 17.9 Å². The number of esters is 1. The lowest BCUT2D eigenvalue weighted by molar-refractivity contribution is -0.141. The largest absolute Gasteiger partial charge is 0.467 e. The van der Waals surface area contributed by atoms with Crippen molar-refractivity contribution in [1.29, 1.82) is 5.26 Å². The van der Waals surface area contributed by atoms with Crippen LogP contribution in [0.5, 0.6) is 0 Å². The normalized spacial score (nSPS) is 16.3. The summed E-state index contributed by atoms with van der Waals surface area (Å²) in [5.74, 6) is -0.619. The Balaban J connectivity index is 2.16. The molecule has 2 aromatic carbocycles. The van der Waals surface area contributed by atoms with Gasteiger partial charge in [-0.1, -0.05) is 24.3 Å². The van der Waals surface area contributed by atoms with Gasteiger partial charge in [-0.25, -0.2) is 13.2 Å². The molecular formula is C17H14N2O4S. The highest BCUT2D eigenvalue weighted by Crippen LogP contribution is 2.37. The Bertz CT molecular complexity index is 947. The number of nitrogens with zero attached hydrogens (tertiary/aromatic N) is 2. The molecule has 0 amide bonds. The van der Waals surface area contributed by atoms with Crippen LogP contribution < -0.4 is 4.31 Å². The number of rotatable bonds is 3. The number of methoxy groups -OCH3 is 1. The summed E-state index contributed by atoms with van der Waals surface area (Å²) in [7, 11) is -2.78. The second-order valence-corrected chi connectivity index (χ2v) is 7.13. The molecule has 0 unspecified atom stereocenters. The number of ether oxygens (including phenoxy) is 1. The van der Waals surface area contributed by atoms with Crippen molar-refractivity contribution in [2.45, 2.75) is 17.4 Å². The first-order valence-corrected chi connectivity index (χ1v) is 8.63. The SMILES string of the molecule is COC(=O)[C@@H]1Cc2ccccc2N1S(=O)(=O)c1cccc(C#N)c1. The highest BCUT2D eigenvalue weighted by atomic mass is 32.2. The number of fused-ring (bicyclic) bond motifs is 1. The van der Waals surface area contributed by atoms with Gasteiger partial charge in [0.1, 0.15) is 6.04 Å². The van der Waals surface area contributed by atoms with Crippen LogP contribution >= 0.6 is 0 Å². The summed E-state index contributed by atoms with van der Waals surface area (Å²) < 4.78 is 32.1. The van der Waals surface area contributed by atoms with Crippen LogP contribution in [0.25, 0.3) is 0 Å². The van der Waals surface area contributed by atoms with Gasteiger partial charge in [0.15, 0.2) is 0 Å². The van der Waals surface area contributed by atoms with Crippen molar-refractivity contribution in [3.05, 3.63) is 59.7 Å². The van der Waals surface area contributed by atoms with E-state index in [9.17, 15) is 13.2 Å². The summed E-state index contributed by atoms with van der Waals surface area (Å²) in [6, 6.07) is 13.6. The van der Waals surface area contributed by atoms with Gasteiger partial charge in [0.05, 0.1) is 29.3 Å². The van der Waals surface area contributed by atoms with Crippen molar-refractivity contribution in [2.75, 3.05) is 11.4 Å². The molecule has 1 heterocycles. The van der Waals surface area contributed by atoms with Crippen molar-refractivity contribution in [3.63, 3.8) is 0 Å². The number of carbonyl (C=O) groups is 1. The molecule has 1 aliphatic heterocycles. The molecule has 0 spiro atoms. The minimum absolute atomic E-state index is 0.0350. The van der Waals surface area contributed by atoms with Crippen molar-refractivity contribution in [1.82, 2.24) is 0 Å². The zero-order valence-corrected chi connectivity index (χ0v) is 13.7. The van der Waals surface area contributed by atoms with Gasteiger partial charge < -0.3 is 4.74 Å². The van der Waals surface area contributed by atoms with Crippen molar-refractivity contribution in [2.24, 2.45) is 0 Å². The summed E-state index contributed by atoms with van der Waals surface area (Å²) in [6.07, 6.45) is 0.250. The van der Waals surface area contributed by atoms with E-state index in [0.717, 1.165) is 9.87 Å². The molecule has 24 heavy (non-hydrogen) atoms. The summed E-state index contributed by atoms with van der Waals surface area (Å²) in [5, 5.41) is 9.00. The number of hydrogen-bond donors (Lipinski definition) is 0. The first kappa shape index (κ1) is 16.0. The van der Waals surface area contributed by atoms with Gasteiger partial charge in [0, 0.05) is 6.42 Å². The average molecular weight is 342 g/mol. The zero-order chi connectivity index (χ0) is 17.3. The molecule has 0 saturated heterocycles. The summed E-state index contributed by atoms with van der Waals surface area (Å²) in [6.45, 7) is 0. The Morgan fingerprint density at radius 3 is 2.71 bits per heavy atom. The van der Waals surface area contributed by atoms with E-state index >= 15 is 0 Å². The predicted molar refractivity (Wildman–Crippen MR) is 86.8 cm³/mol. The van der Waals surface area contributed by atoms with Crippen LogP contribution in [0, 0.1) is 11.3 Å². The standard InChI is InChI=1S/C17H14N2O4S/c1-23-17(20)16-10-13-6-2-3-8-15(13)19(16)24(21,22)14-7-4-5-12(9-14)11-18/h2-9,16H,10H2,1H3/t16-/m0/s1. The number of carbonyl (C=O) groups excluding carboxylic acids is 1. The molecule has 0 bridgehead atoms. The van der Waals surface area contributed by atoms with Crippen LogP contribution in [-0.2, 0) is 26.0 Å². The van der Waals surface area contributed by atoms with E-state index in [1.54, 1.807) is 24.3 Å². The first-order chi connectivity index (χ1) is 11.5. The maximum atomic E-state index is 13.1. The van der Waals surface area contributed by atoms with E-state index in [0.29, 0.717) is 5.69 Å². The van der Waals surface area contributed by atoms with Gasteiger partial charge in [-0.2, -0.15) is 5.26 Å². The Hall–Kier alpha value is -2.85. The third kappa shape index (κ3) is 2.51. The Labute approximate surface area is 139 Å². The van der Waals surface area contributed by atoms with Gasteiger partial charge in [0.2, 0.25) is 0 Å². The molecule has 0 N–H and O–H groups in total. The van der Waals surface area contributed by atoms with Gasteiger partial charge in [-0.15, -0.1) is 0 Å². The molecule has 0 aliphatic carbocycles. The molecule has 3 rings (SSSR count). The minimum Gasteiger partial charge on any atom is -0.467 e. The van der Waals surface area contributed by atoms with Crippen molar-refractivity contribution in [3.8, 4) is 6.07 Å². The Kier molecular flexibility index (Phi) is 3.99. The highest BCUT2D eigenvalue weighted by molar-refractivity contribution is 7.93. The van der Waals surface area contributed by atoms with E-state index in [4.69, 9.17) is 10.00 Å². The van der Waals surface area contributed by atoms with E-state index in [-0.39, 0.29) is 16.9 Å². The topological polar surface area (TPSA) is 87.5 Å². The number of benzene rings is 2. The molecule has 6 nitrogen and oxygen atoms in total. The van der Waals surface area contributed by atoms with Crippen molar-refractivity contribution >= 4 is 21.7 Å². The van der Waals surface area contributed by atoms with E-state index in [1.165, 1.54) is 31.4 Å². The van der Waals surface area contributed by atoms with Gasteiger partial charge in [0.25, 0.3) is 10.0 Å². The Morgan fingerprint density at radius 1 is 1.25 bits per heavy atom. The molecular weight excluding hydrogens is 328 g/mol. The smallest absolute Gasteiger partial charge is 0.330 e. The fourth-order valence-electron chi connectivity index (χ4n) is 2.81. The Morgan fingerprint density at radius 2 is 2.00 bits per heavy atom. The molecule has 7 heteroatoms. The lowest BCUT2D eigenvalue weighted by Crippen LogP contribution is -2.43. The molecule has 0 saturated carbocycles. The lowest BCUT2D eigenvalue weighted by atomic mass is 10.1. The highest BCUT2D eigenvalue weighted by Gasteiger charge is 2.42. The monoisotopic (exact) mass is 342 g/mol. The van der Waals surface area contributed by atoms with Gasteiger partial charge >= 0.3 is 5.97 Å². The maximum Gasteiger partial charge on any atom is 0.330 e. The number of anilines is 1. The fraction of sp³-hybridized carbons (Fsp3) is 0.176. The molecule has 0 fully saturated rings. The quantitative estimate of drug-likeness (QED) is 0.795. The van der Waals surface area contributed by atoms with Crippen LogP contribution in [0.1, 0.15) is 11.1 Å². The number of para-hydroxylation sites is 1. The molecule has 1 aliphatic rings. The van der Waals surface area contributed by atoms with Crippen LogP contribution in [0.4, 0.5) is 5.69 Å². The lowest BCUT2D eigenvalue weighted by Gasteiger charge is -2.25. The first-order valence-electron chi connectivity index (χ1n) is 7.19. The van der Waals surface area contributed by atoms with Gasteiger partial charge in [-0.3, -0.25) is 4.31 Å². The third-order valence-corrected chi connectivity index (χ3v) is 5.74. The zero-order valence-electron chi connectivity index (χ0n) is 12.8. The minimum atomic E-state index is -4.01. The van der Waals surface area contributed by atoms with Crippen LogP contribution in [-0.4, -0.2) is 27.5 Å². The number of sulfonamides is 1. The van der Waals surface area contributed by atoms with E-state index < -0.39 is 22.0 Å². The van der Waals surface area contributed by atoms with Crippen LogP contribution in [0.2, 0.25) is 0 Å². The van der Waals surface area contributed by atoms with Gasteiger partial charge in [-0.05, 0) is 29.8 Å². The number of hydrogen-bond acceptors (Lipinski definition) is 5. The fourth-order valence-corrected chi connectivity index (χ4v) is 4.50. The van der Waals surface area contributed by atoms with Crippen LogP contribution in [0.15, 0.2) is 53.4 Å². The summed E-state index contributed by atoms with van der Waals surface area (Å²) >= 11 is 0. The number of nitriles is 1. The van der Waals surface area contributed by atoms with E-state index in [2.05, 4.69) is 0 Å². The molecule has 0 aromatic heterocycles. The van der Waals surface area contributed by atoms with Crippen LogP contribution in [0.3, 0.4) is 0 Å². The molecule has 122 valence electrons. The summed E-state index contributed by atoms with van der Waals surface area (Å²) in [5.41, 5.74) is 1.45. The predicted octanol–water partition coefficient (Wildman–Crippen LogP) is 1.85. The second-order valence-electron chi connectivity index (χ2n) is 5.31. The molecule has 1 atom stereocenters. The molecule has 0 radical (unpaired) electrons. The average Bonchev–Trinajstić information content (AvgIpc) is 3.01.